The van der Waals surface area contributed by atoms with Gasteiger partial charge in [-0.2, -0.15) is 0 Å². The van der Waals surface area contributed by atoms with Crippen LogP contribution >= 0.6 is 0 Å². The Hall–Kier alpha value is -1.75. The summed E-state index contributed by atoms with van der Waals surface area (Å²) < 4.78 is 12.2. The summed E-state index contributed by atoms with van der Waals surface area (Å²) >= 11 is 0. The van der Waals surface area contributed by atoms with Crippen LogP contribution < -0.4 is 5.32 Å². The molecule has 1 aromatic carbocycles. The molecule has 3 atom stereocenters. The van der Waals surface area contributed by atoms with E-state index in [1.54, 1.807) is 0 Å². The number of benzene rings is 1. The fourth-order valence-electron chi connectivity index (χ4n) is 6.49. The Bertz CT molecular complexity index is 865. The van der Waals surface area contributed by atoms with Gasteiger partial charge < -0.3 is 14.8 Å². The average Bonchev–Trinajstić information content (AvgIpc) is 3.27. The number of aromatic nitrogens is 1. The third-order valence-electron chi connectivity index (χ3n) is 8.09. The van der Waals surface area contributed by atoms with E-state index < -0.39 is 0 Å². The normalized spacial score (nSPS) is 29.7. The molecule has 1 N–H and O–H groups in total. The van der Waals surface area contributed by atoms with Gasteiger partial charge in [0.1, 0.15) is 0 Å². The molecule has 3 aliphatic rings. The zero-order chi connectivity index (χ0) is 21.2. The van der Waals surface area contributed by atoms with E-state index in [1.165, 1.54) is 42.5 Å². The fraction of sp³-hybridized carbons (Fsp3) is 0.593. The second-order valence-electron chi connectivity index (χ2n) is 9.85. The molecule has 4 heteroatoms. The Kier molecular flexibility index (Phi) is 6.14. The van der Waals surface area contributed by atoms with Crippen molar-refractivity contribution in [3.8, 4) is 0 Å². The van der Waals surface area contributed by atoms with E-state index >= 15 is 0 Å². The van der Waals surface area contributed by atoms with Crippen molar-refractivity contribution < 1.29 is 9.47 Å². The van der Waals surface area contributed by atoms with Gasteiger partial charge in [-0.3, -0.25) is 4.98 Å². The number of hydrogen-bond acceptors (Lipinski definition) is 4. The van der Waals surface area contributed by atoms with Crippen molar-refractivity contribution in [2.45, 2.75) is 80.9 Å². The molecule has 4 nitrogen and oxygen atoms in total. The van der Waals surface area contributed by atoms with E-state index in [9.17, 15) is 0 Å². The lowest BCUT2D eigenvalue weighted by molar-refractivity contribution is -0.104. The van der Waals surface area contributed by atoms with E-state index in [4.69, 9.17) is 14.5 Å². The Morgan fingerprint density at radius 2 is 1.84 bits per heavy atom. The highest BCUT2D eigenvalue weighted by Crippen LogP contribution is 2.49. The van der Waals surface area contributed by atoms with Crippen LogP contribution in [0.3, 0.4) is 0 Å². The highest BCUT2D eigenvalue weighted by atomic mass is 16.5. The molecule has 1 unspecified atom stereocenters. The quantitative estimate of drug-likeness (QED) is 0.656. The summed E-state index contributed by atoms with van der Waals surface area (Å²) in [6.45, 7) is 1.86. The fourth-order valence-corrected chi connectivity index (χ4v) is 6.49. The minimum Gasteiger partial charge on any atom is -0.377 e. The molecule has 2 aliphatic carbocycles. The summed E-state index contributed by atoms with van der Waals surface area (Å²) in [5.74, 6) is 0. The van der Waals surface area contributed by atoms with E-state index in [-0.39, 0.29) is 17.1 Å². The first-order valence-corrected chi connectivity index (χ1v) is 12.1. The molecule has 31 heavy (non-hydrogen) atoms. The largest absolute Gasteiger partial charge is 0.377 e. The molecule has 5 rings (SSSR count). The first-order chi connectivity index (χ1) is 15.2. The summed E-state index contributed by atoms with van der Waals surface area (Å²) in [5, 5.41) is 3.92. The zero-order valence-corrected chi connectivity index (χ0v) is 18.8. The molecule has 1 aromatic heterocycles. The van der Waals surface area contributed by atoms with Crippen LogP contribution in [0.25, 0.3) is 0 Å². The highest BCUT2D eigenvalue weighted by Gasteiger charge is 2.48. The van der Waals surface area contributed by atoms with E-state index in [1.807, 2.05) is 19.4 Å². The van der Waals surface area contributed by atoms with Crippen molar-refractivity contribution in [1.29, 1.82) is 0 Å². The van der Waals surface area contributed by atoms with Gasteiger partial charge in [0.15, 0.2) is 0 Å². The lowest BCUT2D eigenvalue weighted by atomic mass is 9.68. The van der Waals surface area contributed by atoms with Crippen LogP contribution in [-0.2, 0) is 14.9 Å². The Morgan fingerprint density at radius 3 is 2.61 bits per heavy atom. The smallest absolute Gasteiger partial charge is 0.0825 e. The molecule has 0 bridgehead atoms. The van der Waals surface area contributed by atoms with Crippen molar-refractivity contribution in [1.82, 2.24) is 10.3 Å². The molecule has 166 valence electrons. The summed E-state index contributed by atoms with van der Waals surface area (Å²) in [6.07, 6.45) is 12.7. The van der Waals surface area contributed by atoms with Gasteiger partial charge in [-0.05, 0) is 74.8 Å². The number of ether oxygens (including phenoxy) is 2. The third kappa shape index (κ3) is 4.18. The summed E-state index contributed by atoms with van der Waals surface area (Å²) in [6, 6.07) is 15.6. The molecule has 1 saturated carbocycles. The Labute approximate surface area is 186 Å². The number of nitrogens with one attached hydrogen (secondary N) is 1. The van der Waals surface area contributed by atoms with Gasteiger partial charge >= 0.3 is 0 Å². The Morgan fingerprint density at radius 1 is 1.03 bits per heavy atom. The Balaban J connectivity index is 1.33. The number of fused-ring (bicyclic) bond motifs is 1. The topological polar surface area (TPSA) is 43.4 Å². The number of rotatable bonds is 6. The highest BCUT2D eigenvalue weighted by molar-refractivity contribution is 5.34. The lowest BCUT2D eigenvalue weighted by Crippen LogP contribution is -2.47. The van der Waals surface area contributed by atoms with E-state index in [0.717, 1.165) is 45.3 Å². The summed E-state index contributed by atoms with van der Waals surface area (Å²) in [7, 11) is 1.83. The van der Waals surface area contributed by atoms with Gasteiger partial charge in [0.2, 0.25) is 0 Å². The molecule has 2 heterocycles. The van der Waals surface area contributed by atoms with Crippen LogP contribution in [0.15, 0.2) is 48.7 Å². The van der Waals surface area contributed by atoms with Crippen LogP contribution in [0.4, 0.5) is 0 Å². The molecular formula is C27H36N2O2. The SMILES string of the molecule is CO[C@@H]1CC[C@H](NCCC2(c3ccccn3)CCOC3(CCCC3)C2)c2ccccc21. The summed E-state index contributed by atoms with van der Waals surface area (Å²) in [5.41, 5.74) is 4.21. The van der Waals surface area contributed by atoms with Gasteiger partial charge in [0.05, 0.1) is 11.7 Å². The minimum atomic E-state index is 0.0822. The molecule has 0 amide bonds. The molecule has 2 fully saturated rings. The van der Waals surface area contributed by atoms with Gasteiger partial charge in [0.25, 0.3) is 0 Å². The van der Waals surface area contributed by atoms with Crippen molar-refractivity contribution in [2.24, 2.45) is 0 Å². The first-order valence-electron chi connectivity index (χ1n) is 12.1. The number of hydrogen-bond donors (Lipinski definition) is 1. The van der Waals surface area contributed by atoms with Crippen LogP contribution in [0, 0.1) is 0 Å². The van der Waals surface area contributed by atoms with Crippen LogP contribution in [0.1, 0.15) is 86.8 Å². The van der Waals surface area contributed by atoms with Gasteiger partial charge in [-0.15, -0.1) is 0 Å². The maximum atomic E-state index is 6.41. The second kappa shape index (κ2) is 9.01. The maximum Gasteiger partial charge on any atom is 0.0825 e. The van der Waals surface area contributed by atoms with Crippen LogP contribution in [0.2, 0.25) is 0 Å². The number of pyridine rings is 1. The molecular weight excluding hydrogens is 384 g/mol. The maximum absolute atomic E-state index is 6.41. The molecule has 0 radical (unpaired) electrons. The van der Waals surface area contributed by atoms with E-state index in [0.29, 0.717) is 6.04 Å². The van der Waals surface area contributed by atoms with Crippen molar-refractivity contribution in [3.05, 3.63) is 65.5 Å². The number of nitrogens with zero attached hydrogens (tertiary/aromatic N) is 1. The predicted molar refractivity (Wildman–Crippen MR) is 123 cm³/mol. The summed E-state index contributed by atoms with van der Waals surface area (Å²) in [4.78, 5) is 4.85. The molecule has 1 spiro atoms. The zero-order valence-electron chi connectivity index (χ0n) is 18.8. The average molecular weight is 421 g/mol. The minimum absolute atomic E-state index is 0.0822. The lowest BCUT2D eigenvalue weighted by Gasteiger charge is -2.46. The van der Waals surface area contributed by atoms with Gasteiger partial charge in [-0.25, -0.2) is 0 Å². The molecule has 1 aliphatic heterocycles. The van der Waals surface area contributed by atoms with E-state index in [2.05, 4.69) is 41.7 Å². The van der Waals surface area contributed by atoms with Crippen molar-refractivity contribution in [3.63, 3.8) is 0 Å². The van der Waals surface area contributed by atoms with Gasteiger partial charge in [0, 0.05) is 37.1 Å². The molecule has 2 aromatic rings. The van der Waals surface area contributed by atoms with Crippen molar-refractivity contribution in [2.75, 3.05) is 20.3 Å². The predicted octanol–water partition coefficient (Wildman–Crippen LogP) is 5.64. The first kappa shape index (κ1) is 21.1. The van der Waals surface area contributed by atoms with Gasteiger partial charge in [-0.1, -0.05) is 43.2 Å². The molecule has 1 saturated heterocycles. The monoisotopic (exact) mass is 420 g/mol. The second-order valence-corrected chi connectivity index (χ2v) is 9.85. The third-order valence-corrected chi connectivity index (χ3v) is 8.09. The van der Waals surface area contributed by atoms with Crippen LogP contribution in [0.5, 0.6) is 0 Å². The van der Waals surface area contributed by atoms with Crippen molar-refractivity contribution >= 4 is 0 Å². The van der Waals surface area contributed by atoms with Crippen LogP contribution in [-0.4, -0.2) is 30.8 Å². The standard InChI is InChI=1S/C27H36N2O2/c1-30-24-12-11-23(21-8-2-3-9-22(21)24)28-18-15-26(25-10-4-7-17-29-25)16-19-31-27(20-26)13-5-6-14-27/h2-4,7-10,17,23-24,28H,5-6,11-16,18-20H2,1H3/t23-,24+,26?/m0/s1. The number of methoxy groups -OCH3 is 1.